The highest BCUT2D eigenvalue weighted by Crippen LogP contribution is 2.27. The van der Waals surface area contributed by atoms with E-state index in [1.165, 1.54) is 7.11 Å². The summed E-state index contributed by atoms with van der Waals surface area (Å²) >= 11 is 3.42. The second-order valence-electron chi connectivity index (χ2n) is 3.55. The van der Waals surface area contributed by atoms with Gasteiger partial charge in [0.15, 0.2) is 0 Å². The lowest BCUT2D eigenvalue weighted by molar-refractivity contribution is -0.142. The van der Waals surface area contributed by atoms with Gasteiger partial charge in [-0.2, -0.15) is 0 Å². The van der Waals surface area contributed by atoms with E-state index in [2.05, 4.69) is 21.2 Å². The molecule has 1 N–H and O–H groups in total. The first-order valence-corrected chi connectivity index (χ1v) is 5.58. The van der Waals surface area contributed by atoms with Crippen molar-refractivity contribution in [3.8, 4) is 0 Å². The molecule has 1 unspecified atom stereocenters. The van der Waals surface area contributed by atoms with Crippen LogP contribution >= 0.6 is 15.9 Å². The Morgan fingerprint density at radius 3 is 3.13 bits per heavy atom. The van der Waals surface area contributed by atoms with Gasteiger partial charge in [0.25, 0.3) is 0 Å². The maximum Gasteiger partial charge on any atom is 0.314 e. The average molecular weight is 270 g/mol. The van der Waals surface area contributed by atoms with Crippen LogP contribution < -0.4 is 5.32 Å². The third-order valence-corrected chi connectivity index (χ3v) is 3.12. The number of carbonyl (C=O) groups excluding carboxylic acids is 1. The summed E-state index contributed by atoms with van der Waals surface area (Å²) in [7, 11) is 1.43. The van der Waals surface area contributed by atoms with E-state index in [0.29, 0.717) is 6.54 Å². The predicted octanol–water partition coefficient (Wildman–Crippen LogP) is 1.81. The maximum atomic E-state index is 11.5. The van der Waals surface area contributed by atoms with E-state index in [0.717, 1.165) is 22.1 Å². The number of hydrogen-bond donors (Lipinski definition) is 1. The molecule has 0 saturated carbocycles. The molecular weight excluding hydrogens is 258 g/mol. The molecule has 0 aromatic heterocycles. The van der Waals surface area contributed by atoms with Gasteiger partial charge in [0.1, 0.15) is 0 Å². The Kier molecular flexibility index (Phi) is 3.07. The van der Waals surface area contributed by atoms with Crippen LogP contribution in [0, 0.1) is 0 Å². The van der Waals surface area contributed by atoms with Crippen molar-refractivity contribution >= 4 is 21.9 Å². The first-order chi connectivity index (χ1) is 7.22. The number of rotatable bonds is 1. The third-order valence-electron chi connectivity index (χ3n) is 2.63. The van der Waals surface area contributed by atoms with Crippen LogP contribution in [-0.4, -0.2) is 19.6 Å². The summed E-state index contributed by atoms with van der Waals surface area (Å²) in [4.78, 5) is 11.5. The Balaban J connectivity index is 2.38. The maximum absolute atomic E-state index is 11.5. The van der Waals surface area contributed by atoms with Crippen LogP contribution in [0.2, 0.25) is 0 Å². The Bertz CT molecular complexity index is 392. The van der Waals surface area contributed by atoms with Gasteiger partial charge in [-0.3, -0.25) is 4.79 Å². The number of hydrogen-bond acceptors (Lipinski definition) is 3. The standard InChI is InChI=1S/C11H12BrNO2/c1-15-11(14)10-6-13-5-7-4-8(12)2-3-9(7)10/h2-4,10,13H,5-6H2,1H3. The predicted molar refractivity (Wildman–Crippen MR) is 60.6 cm³/mol. The Morgan fingerprint density at radius 2 is 2.40 bits per heavy atom. The van der Waals surface area contributed by atoms with Crippen LogP contribution in [0.3, 0.4) is 0 Å². The van der Waals surface area contributed by atoms with Crippen LogP contribution in [-0.2, 0) is 16.1 Å². The van der Waals surface area contributed by atoms with Gasteiger partial charge < -0.3 is 10.1 Å². The number of nitrogens with one attached hydrogen (secondary N) is 1. The lowest BCUT2D eigenvalue weighted by Crippen LogP contribution is -2.33. The summed E-state index contributed by atoms with van der Waals surface area (Å²) < 4.78 is 5.82. The number of fused-ring (bicyclic) bond motifs is 1. The molecule has 1 aromatic carbocycles. The molecule has 1 aromatic rings. The lowest BCUT2D eigenvalue weighted by Gasteiger charge is -2.24. The minimum Gasteiger partial charge on any atom is -0.469 e. The molecule has 0 saturated heterocycles. The average Bonchev–Trinajstić information content (AvgIpc) is 2.26. The van der Waals surface area contributed by atoms with Crippen LogP contribution in [0.1, 0.15) is 17.0 Å². The van der Waals surface area contributed by atoms with Crippen molar-refractivity contribution in [1.29, 1.82) is 0 Å². The van der Waals surface area contributed by atoms with E-state index in [4.69, 9.17) is 4.74 Å². The largest absolute Gasteiger partial charge is 0.469 e. The molecule has 0 aliphatic carbocycles. The summed E-state index contributed by atoms with van der Waals surface area (Å²) in [6.45, 7) is 1.46. The molecule has 15 heavy (non-hydrogen) atoms. The quantitative estimate of drug-likeness (QED) is 0.791. The van der Waals surface area contributed by atoms with Crippen molar-refractivity contribution < 1.29 is 9.53 Å². The highest BCUT2D eigenvalue weighted by atomic mass is 79.9. The molecule has 0 spiro atoms. The highest BCUT2D eigenvalue weighted by molar-refractivity contribution is 9.10. The van der Waals surface area contributed by atoms with Gasteiger partial charge in [0.2, 0.25) is 0 Å². The molecule has 0 radical (unpaired) electrons. The van der Waals surface area contributed by atoms with Crippen molar-refractivity contribution in [2.45, 2.75) is 12.5 Å². The fourth-order valence-electron chi connectivity index (χ4n) is 1.88. The van der Waals surface area contributed by atoms with Crippen LogP contribution in [0.4, 0.5) is 0 Å². The molecule has 80 valence electrons. The van der Waals surface area contributed by atoms with E-state index < -0.39 is 0 Å². The fourth-order valence-corrected chi connectivity index (χ4v) is 2.29. The van der Waals surface area contributed by atoms with Gasteiger partial charge >= 0.3 is 5.97 Å². The monoisotopic (exact) mass is 269 g/mol. The minimum absolute atomic E-state index is 0.174. The third kappa shape index (κ3) is 2.06. The number of benzene rings is 1. The van der Waals surface area contributed by atoms with E-state index in [1.807, 2.05) is 18.2 Å². The van der Waals surface area contributed by atoms with Crippen LogP contribution in [0.25, 0.3) is 0 Å². The van der Waals surface area contributed by atoms with E-state index in [9.17, 15) is 4.79 Å². The van der Waals surface area contributed by atoms with Crippen molar-refractivity contribution in [1.82, 2.24) is 5.32 Å². The van der Waals surface area contributed by atoms with Gasteiger partial charge in [-0.25, -0.2) is 0 Å². The second kappa shape index (κ2) is 4.33. The summed E-state index contributed by atoms with van der Waals surface area (Å²) in [5.41, 5.74) is 2.23. The summed E-state index contributed by atoms with van der Waals surface area (Å²) in [6.07, 6.45) is 0. The Labute approximate surface area is 96.9 Å². The molecule has 3 nitrogen and oxygen atoms in total. The summed E-state index contributed by atoms with van der Waals surface area (Å²) in [6, 6.07) is 5.99. The molecule has 1 aliphatic heterocycles. The molecule has 2 rings (SSSR count). The van der Waals surface area contributed by atoms with Gasteiger partial charge in [0.05, 0.1) is 13.0 Å². The molecule has 0 fully saturated rings. The first kappa shape index (κ1) is 10.6. The van der Waals surface area contributed by atoms with Gasteiger partial charge in [-0.05, 0) is 23.3 Å². The number of carbonyl (C=O) groups is 1. The summed E-state index contributed by atoms with van der Waals surface area (Å²) in [5, 5.41) is 3.21. The van der Waals surface area contributed by atoms with Crippen molar-refractivity contribution in [3.05, 3.63) is 33.8 Å². The van der Waals surface area contributed by atoms with Crippen molar-refractivity contribution in [2.75, 3.05) is 13.7 Å². The first-order valence-electron chi connectivity index (χ1n) is 4.79. The normalized spacial score (nSPS) is 19.5. The van der Waals surface area contributed by atoms with Crippen LogP contribution in [0.5, 0.6) is 0 Å². The fraction of sp³-hybridized carbons (Fsp3) is 0.364. The zero-order chi connectivity index (χ0) is 10.8. The highest BCUT2D eigenvalue weighted by Gasteiger charge is 2.26. The Morgan fingerprint density at radius 1 is 1.60 bits per heavy atom. The molecular formula is C11H12BrNO2. The Hall–Kier alpha value is -0.870. The van der Waals surface area contributed by atoms with Gasteiger partial charge in [0, 0.05) is 17.6 Å². The molecule has 4 heteroatoms. The molecule has 0 amide bonds. The van der Waals surface area contributed by atoms with Gasteiger partial charge in [-0.15, -0.1) is 0 Å². The summed E-state index contributed by atoms with van der Waals surface area (Å²) in [5.74, 6) is -0.349. The second-order valence-corrected chi connectivity index (χ2v) is 4.47. The van der Waals surface area contributed by atoms with E-state index in [-0.39, 0.29) is 11.9 Å². The zero-order valence-electron chi connectivity index (χ0n) is 8.42. The molecule has 1 heterocycles. The van der Waals surface area contributed by atoms with E-state index >= 15 is 0 Å². The minimum atomic E-state index is -0.175. The number of esters is 1. The van der Waals surface area contributed by atoms with E-state index in [1.54, 1.807) is 0 Å². The topological polar surface area (TPSA) is 38.3 Å². The number of halogens is 1. The molecule has 1 atom stereocenters. The molecule has 0 bridgehead atoms. The number of ether oxygens (including phenoxy) is 1. The lowest BCUT2D eigenvalue weighted by atomic mass is 9.91. The smallest absolute Gasteiger partial charge is 0.314 e. The van der Waals surface area contributed by atoms with Crippen molar-refractivity contribution in [2.24, 2.45) is 0 Å². The molecule has 1 aliphatic rings. The number of methoxy groups -OCH3 is 1. The van der Waals surface area contributed by atoms with Gasteiger partial charge in [-0.1, -0.05) is 22.0 Å². The van der Waals surface area contributed by atoms with Crippen LogP contribution in [0.15, 0.2) is 22.7 Å². The SMILES string of the molecule is COC(=O)C1CNCc2cc(Br)ccc21. The van der Waals surface area contributed by atoms with Crippen molar-refractivity contribution in [3.63, 3.8) is 0 Å². The zero-order valence-corrected chi connectivity index (χ0v) is 10.0.